The van der Waals surface area contributed by atoms with Crippen molar-refractivity contribution in [2.45, 2.75) is 0 Å². The molecule has 0 atom stereocenters. The van der Waals surface area contributed by atoms with Gasteiger partial charge in [-0.15, -0.1) is 0 Å². The van der Waals surface area contributed by atoms with Crippen LogP contribution in [0.3, 0.4) is 0 Å². The maximum Gasteiger partial charge on any atom is 0 e. The van der Waals surface area contributed by atoms with Crippen LogP contribution in [0.15, 0.2) is 0 Å². The molecule has 2 radical (unpaired) electrons. The molecule has 0 spiro atoms. The first-order valence-corrected chi connectivity index (χ1v) is 6.43. The Bertz CT molecular complexity index is 7.61. The maximum absolute atomic E-state index is 2.12. The van der Waals surface area contributed by atoms with Crippen LogP contribution in [0.25, 0.3) is 0 Å². The molecule has 0 amide bonds. The summed E-state index contributed by atoms with van der Waals surface area (Å²) in [4.78, 5) is 0. The van der Waals surface area contributed by atoms with Gasteiger partial charge in [0.1, 0.15) is 0 Å². The average molecular weight is 447 g/mol. The number of hydrogen-bond acceptors (Lipinski definition) is 0. The van der Waals surface area contributed by atoms with Gasteiger partial charge in [-0.25, -0.2) is 0 Å². The predicted molar refractivity (Wildman–Crippen MR) is 34.5 cm³/mol. The molecule has 0 aromatic rings. The van der Waals surface area contributed by atoms with Gasteiger partial charge in [-0.2, -0.15) is 0 Å². The summed E-state index contributed by atoms with van der Waals surface area (Å²) in [6, 6.07) is 0. The van der Waals surface area contributed by atoms with E-state index in [0.29, 0.717) is 0 Å². The molecule has 0 rings (SSSR count). The van der Waals surface area contributed by atoms with Crippen molar-refractivity contribution in [3.05, 3.63) is 7.43 Å². The Hall–Kier alpha value is 3.67. The van der Waals surface area contributed by atoms with E-state index in [1.54, 1.807) is 0 Å². The zero-order valence-electron chi connectivity index (χ0n) is 2.91. The van der Waals surface area contributed by atoms with Crippen molar-refractivity contribution in [2.24, 2.45) is 0 Å². The smallest absolute Gasteiger partial charge is 0 e. The quantitative estimate of drug-likeness (QED) is 0.395. The molecule has 0 fully saturated rings. The van der Waals surface area contributed by atoms with Crippen LogP contribution in [-0.2, 0) is 65.4 Å². The van der Waals surface area contributed by atoms with Crippen molar-refractivity contribution in [1.82, 2.24) is 0 Å². The van der Waals surface area contributed by atoms with Crippen molar-refractivity contribution < 1.29 is 65.4 Å². The molecule has 0 aliphatic rings. The Morgan fingerprint density at radius 3 is 0.800 bits per heavy atom. The summed E-state index contributed by atoms with van der Waals surface area (Å²) in [7, 11) is 0. The molecule has 28 valence electrons. The second-order valence-electron chi connectivity index (χ2n) is 0. The molecule has 0 aromatic carbocycles. The average Bonchev–Trinajstić information content (AvgIpc) is 1.00. The molecular formula is CH3I2Y2-. The number of rotatable bonds is 0. The fourth-order valence-electron chi connectivity index (χ4n) is 0. The molecule has 4 heteroatoms. The summed E-state index contributed by atoms with van der Waals surface area (Å²) in [5.41, 5.74) is 0. The molecule has 0 aliphatic heterocycles. The molecule has 0 aromatic heterocycles. The summed E-state index contributed by atoms with van der Waals surface area (Å²) in [5.74, 6) is 0. The van der Waals surface area contributed by atoms with E-state index < -0.39 is 0 Å². The van der Waals surface area contributed by atoms with Crippen molar-refractivity contribution in [3.63, 3.8) is 0 Å². The zero-order chi connectivity index (χ0) is 2.00. The molecule has 0 saturated heterocycles. The van der Waals surface area contributed by atoms with Crippen molar-refractivity contribution in [2.75, 3.05) is 0 Å². The van der Waals surface area contributed by atoms with Gasteiger partial charge in [0.15, 0.2) is 0 Å². The first-order valence-electron chi connectivity index (χ1n) is 0.143. The Balaban J connectivity index is -0.00000000167. The van der Waals surface area contributed by atoms with Gasteiger partial charge in [0.2, 0.25) is 0 Å². The molecule has 0 bridgehead atoms. The number of halogens is 2. The number of hydrogen-bond donors (Lipinski definition) is 0. The van der Waals surface area contributed by atoms with Gasteiger partial charge in [-0.3, -0.25) is 0 Å². The van der Waals surface area contributed by atoms with Gasteiger partial charge < -0.3 is 7.43 Å². The Morgan fingerprint density at radius 1 is 0.800 bits per heavy atom. The first kappa shape index (κ1) is 23.4. The minimum atomic E-state index is 0. The van der Waals surface area contributed by atoms with Gasteiger partial charge in [0, 0.05) is 103 Å². The van der Waals surface area contributed by atoms with Crippen LogP contribution in [0.5, 0.6) is 0 Å². The third kappa shape index (κ3) is 18.3. The Kier molecular flexibility index (Phi) is 119. The second-order valence-corrected chi connectivity index (χ2v) is 0. The summed E-state index contributed by atoms with van der Waals surface area (Å²) < 4.78 is 0. The van der Waals surface area contributed by atoms with Gasteiger partial charge in [0.05, 0.1) is 0 Å². The van der Waals surface area contributed by atoms with Crippen molar-refractivity contribution >= 4 is 37.2 Å². The van der Waals surface area contributed by atoms with Crippen LogP contribution in [-0.4, -0.2) is 0 Å². The monoisotopic (exact) mass is 447 g/mol. The third-order valence-corrected chi connectivity index (χ3v) is 0. The van der Waals surface area contributed by atoms with Gasteiger partial charge in [-0.05, 0) is 0 Å². The third-order valence-electron chi connectivity index (χ3n) is 0. The summed E-state index contributed by atoms with van der Waals surface area (Å²) >= 11 is 4.24. The van der Waals surface area contributed by atoms with Crippen molar-refractivity contribution in [3.8, 4) is 0 Å². The molecule has 0 N–H and O–H groups in total. The molecule has 0 aliphatic carbocycles. The van der Waals surface area contributed by atoms with Crippen LogP contribution < -0.4 is 0 Å². The van der Waals surface area contributed by atoms with E-state index in [9.17, 15) is 0 Å². The standard InChI is InChI=1S/CH3.I2.2Y/c;1-2;;/h1H3;;;/q-1;;;. The van der Waals surface area contributed by atoms with Gasteiger partial charge in [-0.1, -0.05) is 0 Å². The van der Waals surface area contributed by atoms with E-state index in [1.807, 2.05) is 0 Å². The van der Waals surface area contributed by atoms with E-state index in [4.69, 9.17) is 0 Å². The van der Waals surface area contributed by atoms with Crippen LogP contribution in [0, 0.1) is 7.43 Å². The largest absolute Gasteiger partial charge is 0.358 e. The van der Waals surface area contributed by atoms with Crippen molar-refractivity contribution in [1.29, 1.82) is 0 Å². The topological polar surface area (TPSA) is 0 Å². The second kappa shape index (κ2) is 25.3. The SMILES string of the molecule is II.[CH3-].[Y].[Y]. The molecular weight excluding hydrogens is 444 g/mol. The Morgan fingerprint density at radius 2 is 0.800 bits per heavy atom. The van der Waals surface area contributed by atoms with E-state index in [-0.39, 0.29) is 72.8 Å². The van der Waals surface area contributed by atoms with Gasteiger partial charge in [0.25, 0.3) is 0 Å². The predicted octanol–water partition coefficient (Wildman–Crippen LogP) is 2.22. The minimum Gasteiger partial charge on any atom is -0.358 e. The minimum absolute atomic E-state index is 0. The molecule has 0 unspecified atom stereocenters. The zero-order valence-corrected chi connectivity index (χ0v) is 12.9. The first-order chi connectivity index (χ1) is 1.00. The van der Waals surface area contributed by atoms with Crippen LogP contribution in [0.1, 0.15) is 0 Å². The van der Waals surface area contributed by atoms with Crippen LogP contribution >= 0.6 is 37.2 Å². The normalized spacial score (nSPS) is 1.20. The Labute approximate surface area is 107 Å². The van der Waals surface area contributed by atoms with E-state index in [0.717, 1.165) is 0 Å². The molecule has 0 nitrogen and oxygen atoms in total. The summed E-state index contributed by atoms with van der Waals surface area (Å²) in [6.45, 7) is 0. The van der Waals surface area contributed by atoms with E-state index in [1.165, 1.54) is 0 Å². The fraction of sp³-hybridized carbons (Fsp3) is 0. The van der Waals surface area contributed by atoms with Crippen LogP contribution in [0.2, 0.25) is 0 Å². The maximum atomic E-state index is 2.12. The summed E-state index contributed by atoms with van der Waals surface area (Å²) in [5, 5.41) is 0. The van der Waals surface area contributed by atoms with E-state index >= 15 is 0 Å². The molecule has 5 heavy (non-hydrogen) atoms. The molecule has 0 heterocycles. The van der Waals surface area contributed by atoms with E-state index in [2.05, 4.69) is 37.2 Å². The summed E-state index contributed by atoms with van der Waals surface area (Å²) in [6.07, 6.45) is 0. The van der Waals surface area contributed by atoms with Gasteiger partial charge >= 0.3 is 0 Å². The fourth-order valence-corrected chi connectivity index (χ4v) is 0. The molecule has 0 saturated carbocycles. The van der Waals surface area contributed by atoms with Crippen LogP contribution in [0.4, 0.5) is 0 Å².